The fourth-order valence-corrected chi connectivity index (χ4v) is 3.37. The van der Waals surface area contributed by atoms with Gasteiger partial charge in [0.1, 0.15) is 0 Å². The Morgan fingerprint density at radius 2 is 1.84 bits per heavy atom. The molecule has 1 heterocycles. The molecule has 2 fully saturated rings. The first-order valence-electron chi connectivity index (χ1n) is 9.00. The molecular weight excluding hydrogens is 318 g/mol. The van der Waals surface area contributed by atoms with Gasteiger partial charge in [0, 0.05) is 46.4 Å². The SMILES string of the molecule is COCCNC(=O)C1CC1C(=O)N1CCN(Cc2ccccc2)CC1. The molecular formula is C19H27N3O3. The molecule has 1 saturated carbocycles. The Balaban J connectivity index is 1.40. The zero-order chi connectivity index (χ0) is 17.6. The van der Waals surface area contributed by atoms with E-state index >= 15 is 0 Å². The highest BCUT2D eigenvalue weighted by molar-refractivity contribution is 5.92. The summed E-state index contributed by atoms with van der Waals surface area (Å²) in [6.45, 7) is 5.21. The number of hydrogen-bond acceptors (Lipinski definition) is 4. The lowest BCUT2D eigenvalue weighted by molar-refractivity contribution is -0.136. The van der Waals surface area contributed by atoms with Crippen molar-refractivity contribution in [2.75, 3.05) is 46.4 Å². The molecule has 3 rings (SSSR count). The molecule has 1 saturated heterocycles. The number of carbonyl (C=O) groups excluding carboxylic acids is 2. The number of nitrogens with one attached hydrogen (secondary N) is 1. The maximum Gasteiger partial charge on any atom is 0.226 e. The van der Waals surface area contributed by atoms with Crippen LogP contribution in [0, 0.1) is 11.8 Å². The lowest BCUT2D eigenvalue weighted by Gasteiger charge is -2.35. The van der Waals surface area contributed by atoms with E-state index in [0.29, 0.717) is 19.6 Å². The predicted octanol–water partition coefficient (Wildman–Crippen LogP) is 0.730. The first-order chi connectivity index (χ1) is 12.2. The van der Waals surface area contributed by atoms with Gasteiger partial charge in [-0.05, 0) is 12.0 Å². The number of nitrogens with zero attached hydrogens (tertiary/aromatic N) is 2. The van der Waals surface area contributed by atoms with E-state index in [-0.39, 0.29) is 23.7 Å². The molecule has 0 spiro atoms. The molecule has 2 atom stereocenters. The van der Waals surface area contributed by atoms with Gasteiger partial charge in [-0.25, -0.2) is 0 Å². The highest BCUT2D eigenvalue weighted by Crippen LogP contribution is 2.40. The van der Waals surface area contributed by atoms with Gasteiger partial charge >= 0.3 is 0 Å². The van der Waals surface area contributed by atoms with Crippen molar-refractivity contribution < 1.29 is 14.3 Å². The Bertz CT molecular complexity index is 585. The number of amides is 2. The van der Waals surface area contributed by atoms with E-state index < -0.39 is 0 Å². The molecule has 2 unspecified atom stereocenters. The summed E-state index contributed by atoms with van der Waals surface area (Å²) in [6, 6.07) is 10.4. The van der Waals surface area contributed by atoms with Gasteiger partial charge in [-0.15, -0.1) is 0 Å². The molecule has 6 heteroatoms. The number of rotatable bonds is 7. The molecule has 1 aromatic rings. The number of benzene rings is 1. The van der Waals surface area contributed by atoms with Crippen molar-refractivity contribution in [2.45, 2.75) is 13.0 Å². The van der Waals surface area contributed by atoms with E-state index in [1.807, 2.05) is 11.0 Å². The van der Waals surface area contributed by atoms with Crippen molar-refractivity contribution >= 4 is 11.8 Å². The van der Waals surface area contributed by atoms with Gasteiger partial charge in [0.2, 0.25) is 11.8 Å². The Labute approximate surface area is 149 Å². The van der Waals surface area contributed by atoms with Crippen molar-refractivity contribution in [3.8, 4) is 0 Å². The van der Waals surface area contributed by atoms with Crippen LogP contribution in [0.15, 0.2) is 30.3 Å². The second kappa shape index (κ2) is 8.45. The van der Waals surface area contributed by atoms with E-state index in [2.05, 4.69) is 34.5 Å². The average Bonchev–Trinajstić information content (AvgIpc) is 3.44. The summed E-state index contributed by atoms with van der Waals surface area (Å²) in [6.07, 6.45) is 0.682. The van der Waals surface area contributed by atoms with Crippen LogP contribution in [0.25, 0.3) is 0 Å². The van der Waals surface area contributed by atoms with E-state index in [0.717, 1.165) is 32.7 Å². The fourth-order valence-electron chi connectivity index (χ4n) is 3.37. The Morgan fingerprint density at radius 3 is 2.52 bits per heavy atom. The molecule has 6 nitrogen and oxygen atoms in total. The fraction of sp³-hybridized carbons (Fsp3) is 0.579. The molecule has 1 aliphatic carbocycles. The van der Waals surface area contributed by atoms with Crippen LogP contribution in [0.3, 0.4) is 0 Å². The van der Waals surface area contributed by atoms with Crippen molar-refractivity contribution in [3.63, 3.8) is 0 Å². The zero-order valence-corrected chi connectivity index (χ0v) is 14.8. The standard InChI is InChI=1S/C19H27N3O3/c1-25-12-7-20-18(23)16-13-17(16)19(24)22-10-8-21(9-11-22)14-15-5-3-2-4-6-15/h2-6,16-17H,7-14H2,1H3,(H,20,23). The van der Waals surface area contributed by atoms with Crippen LogP contribution in [0.5, 0.6) is 0 Å². The van der Waals surface area contributed by atoms with Gasteiger partial charge in [-0.1, -0.05) is 30.3 Å². The van der Waals surface area contributed by atoms with Crippen molar-refractivity contribution in [1.82, 2.24) is 15.1 Å². The predicted molar refractivity (Wildman–Crippen MR) is 94.8 cm³/mol. The van der Waals surface area contributed by atoms with Crippen LogP contribution in [-0.2, 0) is 20.9 Å². The lowest BCUT2D eigenvalue weighted by Crippen LogP contribution is -2.49. The molecule has 0 radical (unpaired) electrons. The second-order valence-corrected chi connectivity index (χ2v) is 6.82. The zero-order valence-electron chi connectivity index (χ0n) is 14.8. The van der Waals surface area contributed by atoms with Crippen molar-refractivity contribution in [1.29, 1.82) is 0 Å². The normalized spacial score (nSPS) is 23.3. The summed E-state index contributed by atoms with van der Waals surface area (Å²) in [7, 11) is 1.60. The van der Waals surface area contributed by atoms with E-state index in [4.69, 9.17) is 4.74 Å². The molecule has 0 bridgehead atoms. The van der Waals surface area contributed by atoms with Gasteiger partial charge in [0.25, 0.3) is 0 Å². The maximum atomic E-state index is 12.6. The second-order valence-electron chi connectivity index (χ2n) is 6.82. The molecule has 1 aliphatic heterocycles. The first-order valence-corrected chi connectivity index (χ1v) is 9.00. The van der Waals surface area contributed by atoms with Crippen molar-refractivity contribution in [2.24, 2.45) is 11.8 Å². The molecule has 0 aromatic heterocycles. The highest BCUT2D eigenvalue weighted by Gasteiger charge is 2.49. The third kappa shape index (κ3) is 4.80. The van der Waals surface area contributed by atoms with Gasteiger partial charge < -0.3 is 15.0 Å². The molecule has 25 heavy (non-hydrogen) atoms. The van der Waals surface area contributed by atoms with Crippen LogP contribution in [0.2, 0.25) is 0 Å². The number of ether oxygens (including phenoxy) is 1. The van der Waals surface area contributed by atoms with Gasteiger partial charge in [-0.3, -0.25) is 14.5 Å². The first kappa shape index (κ1) is 17.9. The van der Waals surface area contributed by atoms with Crippen molar-refractivity contribution in [3.05, 3.63) is 35.9 Å². The maximum absolute atomic E-state index is 12.6. The minimum atomic E-state index is -0.147. The Hall–Kier alpha value is -1.92. The monoisotopic (exact) mass is 345 g/mol. The third-order valence-corrected chi connectivity index (χ3v) is 4.98. The Kier molecular flexibility index (Phi) is 6.04. The molecule has 2 aliphatic rings. The van der Waals surface area contributed by atoms with Crippen LogP contribution in [0.4, 0.5) is 0 Å². The summed E-state index contributed by atoms with van der Waals surface area (Å²) < 4.78 is 4.92. The quantitative estimate of drug-likeness (QED) is 0.740. The van der Waals surface area contributed by atoms with Gasteiger partial charge in [0.15, 0.2) is 0 Å². The highest BCUT2D eigenvalue weighted by atomic mass is 16.5. The number of carbonyl (C=O) groups is 2. The largest absolute Gasteiger partial charge is 0.383 e. The van der Waals surface area contributed by atoms with Crippen LogP contribution in [0.1, 0.15) is 12.0 Å². The summed E-state index contributed by atoms with van der Waals surface area (Å²) in [5.41, 5.74) is 1.30. The lowest BCUT2D eigenvalue weighted by atomic mass is 10.2. The number of hydrogen-bond donors (Lipinski definition) is 1. The number of piperazine rings is 1. The van der Waals surface area contributed by atoms with Crippen LogP contribution < -0.4 is 5.32 Å². The van der Waals surface area contributed by atoms with E-state index in [9.17, 15) is 9.59 Å². The molecule has 2 amide bonds. The molecule has 1 aromatic carbocycles. The third-order valence-electron chi connectivity index (χ3n) is 4.98. The van der Waals surface area contributed by atoms with Gasteiger partial charge in [0.05, 0.1) is 18.4 Å². The van der Waals surface area contributed by atoms with Crippen LogP contribution in [-0.4, -0.2) is 68.1 Å². The average molecular weight is 345 g/mol. The molecule has 136 valence electrons. The van der Waals surface area contributed by atoms with Crippen LogP contribution >= 0.6 is 0 Å². The van der Waals surface area contributed by atoms with Gasteiger partial charge in [-0.2, -0.15) is 0 Å². The molecule has 1 N–H and O–H groups in total. The Morgan fingerprint density at radius 1 is 1.12 bits per heavy atom. The minimum Gasteiger partial charge on any atom is -0.383 e. The smallest absolute Gasteiger partial charge is 0.226 e. The summed E-state index contributed by atoms with van der Waals surface area (Å²) in [5, 5.41) is 2.82. The summed E-state index contributed by atoms with van der Waals surface area (Å²) >= 11 is 0. The van der Waals surface area contributed by atoms with E-state index in [1.165, 1.54) is 5.56 Å². The van der Waals surface area contributed by atoms with E-state index in [1.54, 1.807) is 7.11 Å². The summed E-state index contributed by atoms with van der Waals surface area (Å²) in [5.74, 6) is -0.140. The summed E-state index contributed by atoms with van der Waals surface area (Å²) in [4.78, 5) is 28.9. The number of methoxy groups -OCH3 is 1. The minimum absolute atomic E-state index is 0.0156. The topological polar surface area (TPSA) is 61.9 Å².